The van der Waals surface area contributed by atoms with Crippen molar-refractivity contribution in [3.05, 3.63) is 0 Å². The van der Waals surface area contributed by atoms with Crippen LogP contribution in [-0.2, 0) is 4.79 Å². The predicted octanol–water partition coefficient (Wildman–Crippen LogP) is 2.46. The van der Waals surface area contributed by atoms with Crippen LogP contribution in [-0.4, -0.2) is 23.5 Å². The SMILES string of the molecule is CCCC(C)NC(C)C(=O)NC(C)(C)CC. The van der Waals surface area contributed by atoms with E-state index >= 15 is 0 Å². The van der Waals surface area contributed by atoms with E-state index in [1.165, 1.54) is 0 Å². The molecule has 0 aromatic rings. The van der Waals surface area contributed by atoms with Gasteiger partial charge in [0.05, 0.1) is 6.04 Å². The van der Waals surface area contributed by atoms with Crippen LogP contribution < -0.4 is 10.6 Å². The van der Waals surface area contributed by atoms with Crippen molar-refractivity contribution in [3.63, 3.8) is 0 Å². The summed E-state index contributed by atoms with van der Waals surface area (Å²) in [4.78, 5) is 11.9. The van der Waals surface area contributed by atoms with Gasteiger partial charge in [0.15, 0.2) is 0 Å². The number of carbonyl (C=O) groups excluding carboxylic acids is 1. The molecule has 0 radical (unpaired) electrons. The number of carbonyl (C=O) groups is 1. The second kappa shape index (κ2) is 6.89. The first-order chi connectivity index (χ1) is 7.32. The average molecular weight is 228 g/mol. The van der Waals surface area contributed by atoms with Crippen LogP contribution in [0.25, 0.3) is 0 Å². The first kappa shape index (κ1) is 15.4. The van der Waals surface area contributed by atoms with Crippen molar-refractivity contribution >= 4 is 5.91 Å². The van der Waals surface area contributed by atoms with Crippen LogP contribution in [0, 0.1) is 0 Å². The van der Waals surface area contributed by atoms with Gasteiger partial charge in [-0.1, -0.05) is 20.3 Å². The Morgan fingerprint density at radius 2 is 1.81 bits per heavy atom. The molecule has 0 aliphatic carbocycles. The first-order valence-corrected chi connectivity index (χ1v) is 6.40. The molecule has 0 aromatic heterocycles. The minimum absolute atomic E-state index is 0.0924. The highest BCUT2D eigenvalue weighted by Gasteiger charge is 2.22. The third kappa shape index (κ3) is 6.11. The molecule has 0 heterocycles. The van der Waals surface area contributed by atoms with Gasteiger partial charge in [0.1, 0.15) is 0 Å². The highest BCUT2D eigenvalue weighted by Crippen LogP contribution is 2.07. The van der Waals surface area contributed by atoms with Crippen LogP contribution >= 0.6 is 0 Å². The quantitative estimate of drug-likeness (QED) is 0.703. The van der Waals surface area contributed by atoms with Crippen LogP contribution in [0.4, 0.5) is 0 Å². The van der Waals surface area contributed by atoms with E-state index in [0.717, 1.165) is 19.3 Å². The molecule has 0 saturated heterocycles. The molecule has 0 aromatic carbocycles. The maximum absolute atomic E-state index is 11.9. The zero-order valence-electron chi connectivity index (χ0n) is 11.7. The minimum Gasteiger partial charge on any atom is -0.350 e. The van der Waals surface area contributed by atoms with Gasteiger partial charge in [-0.3, -0.25) is 4.79 Å². The van der Waals surface area contributed by atoms with E-state index in [0.29, 0.717) is 6.04 Å². The molecule has 3 heteroatoms. The van der Waals surface area contributed by atoms with Gasteiger partial charge in [0.2, 0.25) is 5.91 Å². The second-order valence-electron chi connectivity index (χ2n) is 5.30. The van der Waals surface area contributed by atoms with Crippen molar-refractivity contribution in [2.45, 2.75) is 78.4 Å². The van der Waals surface area contributed by atoms with Gasteiger partial charge in [-0.2, -0.15) is 0 Å². The summed E-state index contributed by atoms with van der Waals surface area (Å²) in [6.45, 7) is 12.4. The average Bonchev–Trinajstić information content (AvgIpc) is 2.17. The monoisotopic (exact) mass is 228 g/mol. The van der Waals surface area contributed by atoms with Crippen LogP contribution in [0.2, 0.25) is 0 Å². The summed E-state index contributed by atoms with van der Waals surface area (Å²) in [5.74, 6) is 0.0924. The number of nitrogens with one attached hydrogen (secondary N) is 2. The van der Waals surface area contributed by atoms with Gasteiger partial charge in [0.25, 0.3) is 0 Å². The lowest BCUT2D eigenvalue weighted by Crippen LogP contribution is -2.52. The molecule has 0 saturated carbocycles. The lowest BCUT2D eigenvalue weighted by molar-refractivity contribution is -0.124. The van der Waals surface area contributed by atoms with E-state index in [2.05, 4.69) is 31.4 Å². The Morgan fingerprint density at radius 1 is 1.25 bits per heavy atom. The van der Waals surface area contributed by atoms with Gasteiger partial charge in [-0.05, 0) is 40.5 Å². The Bertz CT molecular complexity index is 214. The van der Waals surface area contributed by atoms with Crippen LogP contribution in [0.5, 0.6) is 0 Å². The fourth-order valence-electron chi connectivity index (χ4n) is 1.55. The third-order valence-corrected chi connectivity index (χ3v) is 2.99. The van der Waals surface area contributed by atoms with Crippen LogP contribution in [0.1, 0.15) is 60.8 Å². The molecule has 0 bridgehead atoms. The van der Waals surface area contributed by atoms with Gasteiger partial charge >= 0.3 is 0 Å². The standard InChI is InChI=1S/C13H28N2O/c1-7-9-10(3)14-11(4)12(16)15-13(5,6)8-2/h10-11,14H,7-9H2,1-6H3,(H,15,16). The highest BCUT2D eigenvalue weighted by atomic mass is 16.2. The molecule has 2 atom stereocenters. The Morgan fingerprint density at radius 3 is 2.25 bits per heavy atom. The van der Waals surface area contributed by atoms with Crippen molar-refractivity contribution < 1.29 is 4.79 Å². The van der Waals surface area contributed by atoms with Crippen LogP contribution in [0.15, 0.2) is 0 Å². The van der Waals surface area contributed by atoms with E-state index in [9.17, 15) is 4.79 Å². The van der Waals surface area contributed by atoms with E-state index < -0.39 is 0 Å². The molecule has 0 aliphatic rings. The molecule has 16 heavy (non-hydrogen) atoms. The molecular formula is C13H28N2O. The van der Waals surface area contributed by atoms with E-state index in [-0.39, 0.29) is 17.5 Å². The molecule has 0 aliphatic heterocycles. The van der Waals surface area contributed by atoms with Crippen molar-refractivity contribution in [2.75, 3.05) is 0 Å². The minimum atomic E-state index is -0.118. The Kier molecular flexibility index (Phi) is 6.65. The molecule has 96 valence electrons. The topological polar surface area (TPSA) is 41.1 Å². The summed E-state index contributed by atoms with van der Waals surface area (Å²) in [7, 11) is 0. The molecule has 0 spiro atoms. The van der Waals surface area contributed by atoms with E-state index in [1.807, 2.05) is 20.8 Å². The summed E-state index contributed by atoms with van der Waals surface area (Å²) in [6, 6.07) is 0.280. The molecular weight excluding hydrogens is 200 g/mol. The van der Waals surface area contributed by atoms with Gasteiger partial charge in [-0.25, -0.2) is 0 Å². The highest BCUT2D eigenvalue weighted by molar-refractivity contribution is 5.82. The first-order valence-electron chi connectivity index (χ1n) is 6.40. The lowest BCUT2D eigenvalue weighted by Gasteiger charge is -2.28. The van der Waals surface area contributed by atoms with Crippen LogP contribution in [0.3, 0.4) is 0 Å². The Hall–Kier alpha value is -0.570. The molecule has 3 nitrogen and oxygen atoms in total. The van der Waals surface area contributed by atoms with Gasteiger partial charge < -0.3 is 10.6 Å². The number of amides is 1. The van der Waals surface area contributed by atoms with Crippen molar-refractivity contribution in [3.8, 4) is 0 Å². The zero-order valence-corrected chi connectivity index (χ0v) is 11.7. The smallest absolute Gasteiger partial charge is 0.237 e. The fraction of sp³-hybridized carbons (Fsp3) is 0.923. The normalized spacial score (nSPS) is 15.6. The third-order valence-electron chi connectivity index (χ3n) is 2.99. The zero-order chi connectivity index (χ0) is 12.8. The summed E-state index contributed by atoms with van der Waals surface area (Å²) < 4.78 is 0. The van der Waals surface area contributed by atoms with Gasteiger partial charge in [0, 0.05) is 11.6 Å². The number of rotatable bonds is 7. The Labute approximate surface area is 100 Å². The molecule has 2 unspecified atom stereocenters. The maximum Gasteiger partial charge on any atom is 0.237 e. The van der Waals surface area contributed by atoms with Crippen molar-refractivity contribution in [2.24, 2.45) is 0 Å². The number of hydrogen-bond acceptors (Lipinski definition) is 2. The summed E-state index contributed by atoms with van der Waals surface area (Å²) in [5.41, 5.74) is -0.110. The number of hydrogen-bond donors (Lipinski definition) is 2. The molecule has 0 rings (SSSR count). The molecule has 0 fully saturated rings. The summed E-state index contributed by atoms with van der Waals surface area (Å²) >= 11 is 0. The largest absolute Gasteiger partial charge is 0.350 e. The summed E-state index contributed by atoms with van der Waals surface area (Å²) in [5, 5.41) is 6.37. The lowest BCUT2D eigenvalue weighted by atomic mass is 10.0. The Balaban J connectivity index is 4.09. The maximum atomic E-state index is 11.9. The van der Waals surface area contributed by atoms with E-state index in [1.54, 1.807) is 0 Å². The van der Waals surface area contributed by atoms with E-state index in [4.69, 9.17) is 0 Å². The summed E-state index contributed by atoms with van der Waals surface area (Å²) in [6.07, 6.45) is 3.19. The molecule has 1 amide bonds. The molecule has 2 N–H and O–H groups in total. The van der Waals surface area contributed by atoms with Crippen molar-refractivity contribution in [1.29, 1.82) is 0 Å². The van der Waals surface area contributed by atoms with Crippen molar-refractivity contribution in [1.82, 2.24) is 10.6 Å². The van der Waals surface area contributed by atoms with Gasteiger partial charge in [-0.15, -0.1) is 0 Å². The second-order valence-corrected chi connectivity index (χ2v) is 5.30. The fourth-order valence-corrected chi connectivity index (χ4v) is 1.55. The predicted molar refractivity (Wildman–Crippen MR) is 69.5 cm³/mol.